The summed E-state index contributed by atoms with van der Waals surface area (Å²) in [7, 11) is 1.44. The van der Waals surface area contributed by atoms with Crippen LogP contribution in [0.3, 0.4) is 0 Å². The SMILES string of the molecule is COc1cccc(/C=N/NC(=O)CCC(=O)Nc2ccc(C)cc2)c1O. The highest BCUT2D eigenvalue weighted by Crippen LogP contribution is 2.27. The standard InChI is InChI=1S/C19H21N3O4/c1-13-6-8-15(9-7-13)21-17(23)10-11-18(24)22-20-12-14-4-3-5-16(26-2)19(14)25/h3-9,12,25H,10-11H2,1-2H3,(H,21,23)(H,22,24)/b20-12+. The van der Waals surface area contributed by atoms with E-state index in [1.165, 1.54) is 13.3 Å². The molecule has 7 nitrogen and oxygen atoms in total. The number of carbonyl (C=O) groups is 2. The number of hydrogen-bond donors (Lipinski definition) is 3. The molecule has 0 aliphatic heterocycles. The summed E-state index contributed by atoms with van der Waals surface area (Å²) in [6.07, 6.45) is 1.35. The Labute approximate surface area is 151 Å². The number of nitrogens with zero attached hydrogens (tertiary/aromatic N) is 1. The number of aromatic hydroxyl groups is 1. The second-order valence-electron chi connectivity index (χ2n) is 5.61. The maximum Gasteiger partial charge on any atom is 0.240 e. The van der Waals surface area contributed by atoms with Gasteiger partial charge in [0.05, 0.1) is 13.3 Å². The molecule has 3 N–H and O–H groups in total. The summed E-state index contributed by atoms with van der Waals surface area (Å²) in [6, 6.07) is 12.3. The van der Waals surface area contributed by atoms with Gasteiger partial charge < -0.3 is 15.2 Å². The molecule has 2 amide bonds. The molecule has 0 spiro atoms. The number of amides is 2. The van der Waals surface area contributed by atoms with E-state index in [9.17, 15) is 14.7 Å². The highest BCUT2D eigenvalue weighted by atomic mass is 16.5. The molecule has 136 valence electrons. The zero-order valence-electron chi connectivity index (χ0n) is 14.7. The van der Waals surface area contributed by atoms with Crippen LogP contribution in [-0.2, 0) is 9.59 Å². The van der Waals surface area contributed by atoms with Crippen molar-refractivity contribution in [3.8, 4) is 11.5 Å². The van der Waals surface area contributed by atoms with Crippen molar-refractivity contribution in [2.75, 3.05) is 12.4 Å². The molecule has 0 saturated carbocycles. The van der Waals surface area contributed by atoms with Gasteiger partial charge in [-0.15, -0.1) is 0 Å². The lowest BCUT2D eigenvalue weighted by atomic mass is 10.2. The third kappa shape index (κ3) is 5.62. The Morgan fingerprint density at radius 1 is 1.12 bits per heavy atom. The number of rotatable bonds is 7. The first-order valence-electron chi connectivity index (χ1n) is 8.04. The summed E-state index contributed by atoms with van der Waals surface area (Å²) in [5.74, 6) is -0.403. The van der Waals surface area contributed by atoms with E-state index < -0.39 is 5.91 Å². The fourth-order valence-corrected chi connectivity index (χ4v) is 2.13. The molecule has 0 fully saturated rings. The van der Waals surface area contributed by atoms with Gasteiger partial charge in [-0.1, -0.05) is 23.8 Å². The van der Waals surface area contributed by atoms with Gasteiger partial charge in [0.25, 0.3) is 0 Å². The van der Waals surface area contributed by atoms with E-state index in [-0.39, 0.29) is 24.5 Å². The zero-order chi connectivity index (χ0) is 18.9. The molecule has 0 saturated heterocycles. The molecule has 0 unspecified atom stereocenters. The zero-order valence-corrected chi connectivity index (χ0v) is 14.7. The number of aryl methyl sites for hydroxylation is 1. The van der Waals surface area contributed by atoms with Crippen LogP contribution in [0.2, 0.25) is 0 Å². The lowest BCUT2D eigenvalue weighted by Gasteiger charge is -2.06. The Morgan fingerprint density at radius 2 is 1.81 bits per heavy atom. The molecule has 2 rings (SSSR count). The van der Waals surface area contributed by atoms with E-state index in [1.807, 2.05) is 19.1 Å². The minimum atomic E-state index is -0.400. The average molecular weight is 355 g/mol. The molecule has 7 heteroatoms. The number of para-hydroxylation sites is 1. The van der Waals surface area contributed by atoms with Crippen LogP contribution >= 0.6 is 0 Å². The van der Waals surface area contributed by atoms with Crippen molar-refractivity contribution in [1.82, 2.24) is 5.43 Å². The first-order valence-corrected chi connectivity index (χ1v) is 8.04. The molecule has 2 aromatic carbocycles. The Bertz CT molecular complexity index is 801. The highest BCUT2D eigenvalue weighted by molar-refractivity contribution is 5.93. The third-order valence-corrected chi connectivity index (χ3v) is 3.56. The van der Waals surface area contributed by atoms with Crippen molar-refractivity contribution in [2.45, 2.75) is 19.8 Å². The average Bonchev–Trinajstić information content (AvgIpc) is 2.63. The van der Waals surface area contributed by atoms with Gasteiger partial charge >= 0.3 is 0 Å². The van der Waals surface area contributed by atoms with Crippen LogP contribution in [0.25, 0.3) is 0 Å². The first-order chi connectivity index (χ1) is 12.5. The minimum Gasteiger partial charge on any atom is -0.504 e. The van der Waals surface area contributed by atoms with E-state index in [2.05, 4.69) is 15.8 Å². The lowest BCUT2D eigenvalue weighted by molar-refractivity contribution is -0.124. The predicted octanol–water partition coefficient (Wildman–Crippen LogP) is 2.58. The van der Waals surface area contributed by atoms with Crippen molar-refractivity contribution in [3.05, 3.63) is 53.6 Å². The van der Waals surface area contributed by atoms with Gasteiger partial charge in [0.1, 0.15) is 0 Å². The highest BCUT2D eigenvalue weighted by Gasteiger charge is 2.08. The number of carbonyl (C=O) groups excluding carboxylic acids is 2. The molecule has 0 radical (unpaired) electrons. The summed E-state index contributed by atoms with van der Waals surface area (Å²) in [5.41, 5.74) is 4.51. The molecule has 0 aliphatic carbocycles. The monoisotopic (exact) mass is 355 g/mol. The number of phenolic OH excluding ortho intramolecular Hbond substituents is 1. The fraction of sp³-hybridized carbons (Fsp3) is 0.211. The number of hydrogen-bond acceptors (Lipinski definition) is 5. The van der Waals surface area contributed by atoms with E-state index in [1.54, 1.807) is 30.3 Å². The molecule has 0 aromatic heterocycles. The summed E-state index contributed by atoms with van der Waals surface area (Å²) in [6.45, 7) is 1.96. The number of benzene rings is 2. The van der Waals surface area contributed by atoms with E-state index in [0.717, 1.165) is 5.56 Å². The smallest absolute Gasteiger partial charge is 0.240 e. The number of nitrogens with one attached hydrogen (secondary N) is 2. The van der Waals surface area contributed by atoms with Crippen LogP contribution < -0.4 is 15.5 Å². The second-order valence-corrected chi connectivity index (χ2v) is 5.61. The van der Waals surface area contributed by atoms with Crippen LogP contribution in [0.4, 0.5) is 5.69 Å². The van der Waals surface area contributed by atoms with Gasteiger partial charge in [0.15, 0.2) is 11.5 Å². The Kier molecular flexibility index (Phi) is 6.73. The van der Waals surface area contributed by atoms with Crippen LogP contribution in [0.15, 0.2) is 47.6 Å². The molecule has 2 aromatic rings. The van der Waals surface area contributed by atoms with E-state index in [0.29, 0.717) is 17.0 Å². The maximum absolute atomic E-state index is 11.8. The Morgan fingerprint density at radius 3 is 2.50 bits per heavy atom. The topological polar surface area (TPSA) is 100 Å². The molecule has 26 heavy (non-hydrogen) atoms. The number of ether oxygens (including phenoxy) is 1. The Balaban J connectivity index is 1.78. The van der Waals surface area contributed by atoms with Gasteiger partial charge in [0.2, 0.25) is 11.8 Å². The summed E-state index contributed by atoms with van der Waals surface area (Å²) < 4.78 is 4.99. The van der Waals surface area contributed by atoms with Gasteiger partial charge in [-0.3, -0.25) is 9.59 Å². The van der Waals surface area contributed by atoms with Crippen LogP contribution in [-0.4, -0.2) is 30.2 Å². The predicted molar refractivity (Wildman–Crippen MR) is 99.4 cm³/mol. The van der Waals surface area contributed by atoms with Crippen molar-refractivity contribution in [2.24, 2.45) is 5.10 Å². The van der Waals surface area contributed by atoms with Crippen LogP contribution in [0.5, 0.6) is 11.5 Å². The minimum absolute atomic E-state index is 0.000865. The molecule has 0 atom stereocenters. The molecular weight excluding hydrogens is 334 g/mol. The Hall–Kier alpha value is -3.35. The van der Waals surface area contributed by atoms with Gasteiger partial charge in [-0.2, -0.15) is 5.10 Å². The normalized spacial score (nSPS) is 10.5. The van der Waals surface area contributed by atoms with Crippen molar-refractivity contribution in [3.63, 3.8) is 0 Å². The number of phenols is 1. The molecule has 0 bridgehead atoms. The third-order valence-electron chi connectivity index (χ3n) is 3.56. The maximum atomic E-state index is 11.8. The van der Waals surface area contributed by atoms with Crippen LogP contribution in [0.1, 0.15) is 24.0 Å². The number of hydrazone groups is 1. The van der Waals surface area contributed by atoms with Crippen LogP contribution in [0, 0.1) is 6.92 Å². The van der Waals surface area contributed by atoms with E-state index in [4.69, 9.17) is 4.74 Å². The largest absolute Gasteiger partial charge is 0.504 e. The molecular formula is C19H21N3O4. The number of methoxy groups -OCH3 is 1. The fourth-order valence-electron chi connectivity index (χ4n) is 2.13. The second kappa shape index (κ2) is 9.22. The van der Waals surface area contributed by atoms with Gasteiger partial charge in [0, 0.05) is 24.1 Å². The quantitative estimate of drug-likeness (QED) is 0.525. The number of anilines is 1. The summed E-state index contributed by atoms with van der Waals surface area (Å²) in [5, 5.41) is 16.4. The van der Waals surface area contributed by atoms with Crippen molar-refractivity contribution >= 4 is 23.7 Å². The van der Waals surface area contributed by atoms with Crippen molar-refractivity contribution < 1.29 is 19.4 Å². The summed E-state index contributed by atoms with van der Waals surface area (Å²) >= 11 is 0. The molecule has 0 aliphatic rings. The first kappa shape index (κ1) is 19.0. The summed E-state index contributed by atoms with van der Waals surface area (Å²) in [4.78, 5) is 23.6. The van der Waals surface area contributed by atoms with E-state index >= 15 is 0 Å². The lowest BCUT2D eigenvalue weighted by Crippen LogP contribution is -2.20. The van der Waals surface area contributed by atoms with Crippen molar-refractivity contribution in [1.29, 1.82) is 0 Å². The molecule has 0 heterocycles. The van der Waals surface area contributed by atoms with Gasteiger partial charge in [-0.25, -0.2) is 5.43 Å². The van der Waals surface area contributed by atoms with Gasteiger partial charge in [-0.05, 0) is 31.2 Å².